The van der Waals surface area contributed by atoms with E-state index in [9.17, 15) is 0 Å². The number of nitrogens with one attached hydrogen (secondary N) is 1. The molecule has 0 saturated heterocycles. The summed E-state index contributed by atoms with van der Waals surface area (Å²) >= 11 is 1.93. The molecule has 0 atom stereocenters. The fourth-order valence-corrected chi connectivity index (χ4v) is 2.53. The second kappa shape index (κ2) is 6.74. The summed E-state index contributed by atoms with van der Waals surface area (Å²) in [6.45, 7) is 5.41. The minimum atomic E-state index is 0.296. The van der Waals surface area contributed by atoms with Crippen LogP contribution >= 0.6 is 11.8 Å². The van der Waals surface area contributed by atoms with Crippen LogP contribution in [0.3, 0.4) is 0 Å². The van der Waals surface area contributed by atoms with Crippen molar-refractivity contribution in [2.24, 2.45) is 0 Å². The maximum Gasteiger partial charge on any atom is 0.214 e. The maximum absolute atomic E-state index is 5.11. The van der Waals surface area contributed by atoms with Gasteiger partial charge in [-0.1, -0.05) is 19.9 Å². The molecule has 0 fully saturated rings. The van der Waals surface area contributed by atoms with Gasteiger partial charge in [-0.25, -0.2) is 0 Å². The molecule has 0 amide bonds. The Bertz CT molecular complexity index is 332. The molecule has 4 heteroatoms. The molecular formula is C13H22N2OS. The number of hydrogen-bond donors (Lipinski definition) is 1. The largest absolute Gasteiger partial charge is 0.481 e. The SMILES string of the molecule is CCC(CC)(CNc1cccc(OC)n1)SC. The first kappa shape index (κ1) is 14.2. The first-order valence-electron chi connectivity index (χ1n) is 5.99. The monoisotopic (exact) mass is 254 g/mol. The number of methoxy groups -OCH3 is 1. The molecule has 1 aromatic rings. The van der Waals surface area contributed by atoms with E-state index in [4.69, 9.17) is 4.74 Å². The van der Waals surface area contributed by atoms with Crippen molar-refractivity contribution in [1.29, 1.82) is 0 Å². The van der Waals surface area contributed by atoms with E-state index in [0.717, 1.165) is 25.2 Å². The molecule has 0 aromatic carbocycles. The van der Waals surface area contributed by atoms with Crippen LogP contribution in [0.5, 0.6) is 5.88 Å². The zero-order valence-corrected chi connectivity index (χ0v) is 11.9. The van der Waals surface area contributed by atoms with E-state index < -0.39 is 0 Å². The lowest BCUT2D eigenvalue weighted by atomic mass is 10.0. The average molecular weight is 254 g/mol. The van der Waals surface area contributed by atoms with Crippen molar-refractivity contribution in [1.82, 2.24) is 4.98 Å². The highest BCUT2D eigenvalue weighted by molar-refractivity contribution is 8.00. The van der Waals surface area contributed by atoms with Gasteiger partial charge in [0.15, 0.2) is 0 Å². The quantitative estimate of drug-likeness (QED) is 0.808. The lowest BCUT2D eigenvalue weighted by Crippen LogP contribution is -2.32. The minimum Gasteiger partial charge on any atom is -0.481 e. The van der Waals surface area contributed by atoms with Crippen LogP contribution in [0.4, 0.5) is 5.82 Å². The van der Waals surface area contributed by atoms with Crippen molar-refractivity contribution in [3.05, 3.63) is 18.2 Å². The zero-order valence-electron chi connectivity index (χ0n) is 11.1. The van der Waals surface area contributed by atoms with Crippen LogP contribution in [0.15, 0.2) is 18.2 Å². The van der Waals surface area contributed by atoms with Gasteiger partial charge in [0.2, 0.25) is 5.88 Å². The van der Waals surface area contributed by atoms with Gasteiger partial charge in [0.05, 0.1) is 7.11 Å². The molecule has 0 saturated carbocycles. The van der Waals surface area contributed by atoms with Crippen molar-refractivity contribution >= 4 is 17.6 Å². The summed E-state index contributed by atoms with van der Waals surface area (Å²) in [4.78, 5) is 4.35. The predicted molar refractivity (Wildman–Crippen MR) is 76.1 cm³/mol. The molecule has 1 N–H and O–H groups in total. The summed E-state index contributed by atoms with van der Waals surface area (Å²) in [7, 11) is 1.64. The molecule has 17 heavy (non-hydrogen) atoms. The lowest BCUT2D eigenvalue weighted by molar-refractivity contribution is 0.398. The predicted octanol–water partition coefficient (Wildman–Crippen LogP) is 3.42. The van der Waals surface area contributed by atoms with E-state index in [0.29, 0.717) is 10.6 Å². The van der Waals surface area contributed by atoms with Crippen LogP contribution in [0, 0.1) is 0 Å². The van der Waals surface area contributed by atoms with Crippen molar-refractivity contribution in [2.75, 3.05) is 25.2 Å². The van der Waals surface area contributed by atoms with E-state index in [2.05, 4.69) is 30.4 Å². The second-order valence-electron chi connectivity index (χ2n) is 4.01. The lowest BCUT2D eigenvalue weighted by Gasteiger charge is -2.30. The smallest absolute Gasteiger partial charge is 0.214 e. The highest BCUT2D eigenvalue weighted by Gasteiger charge is 2.24. The van der Waals surface area contributed by atoms with Gasteiger partial charge in [0.1, 0.15) is 5.82 Å². The van der Waals surface area contributed by atoms with Gasteiger partial charge in [-0.15, -0.1) is 0 Å². The molecule has 96 valence electrons. The van der Waals surface area contributed by atoms with Gasteiger partial charge in [-0.05, 0) is 25.2 Å². The molecule has 1 rings (SSSR count). The molecule has 0 aliphatic carbocycles. The Morgan fingerprint density at radius 2 is 2.06 bits per heavy atom. The fourth-order valence-electron chi connectivity index (χ4n) is 1.74. The number of pyridine rings is 1. The Morgan fingerprint density at radius 3 is 2.59 bits per heavy atom. The van der Waals surface area contributed by atoms with E-state index in [1.54, 1.807) is 7.11 Å². The summed E-state index contributed by atoms with van der Waals surface area (Å²) < 4.78 is 5.41. The van der Waals surface area contributed by atoms with Crippen molar-refractivity contribution < 1.29 is 4.74 Å². The number of hydrogen-bond acceptors (Lipinski definition) is 4. The number of ether oxygens (including phenoxy) is 1. The van der Waals surface area contributed by atoms with E-state index in [-0.39, 0.29) is 0 Å². The first-order chi connectivity index (χ1) is 8.19. The van der Waals surface area contributed by atoms with Gasteiger partial charge >= 0.3 is 0 Å². The third-order valence-electron chi connectivity index (χ3n) is 3.25. The third kappa shape index (κ3) is 3.80. The number of rotatable bonds is 7. The third-order valence-corrected chi connectivity index (χ3v) is 4.83. The topological polar surface area (TPSA) is 34.1 Å². The van der Waals surface area contributed by atoms with Crippen LogP contribution in [-0.2, 0) is 0 Å². The highest BCUT2D eigenvalue weighted by Crippen LogP contribution is 2.30. The number of nitrogens with zero attached hydrogens (tertiary/aromatic N) is 1. The molecule has 0 spiro atoms. The van der Waals surface area contributed by atoms with E-state index in [1.165, 1.54) is 0 Å². The van der Waals surface area contributed by atoms with Crippen LogP contribution in [-0.4, -0.2) is 29.6 Å². The van der Waals surface area contributed by atoms with Crippen LogP contribution in [0.2, 0.25) is 0 Å². The van der Waals surface area contributed by atoms with Gasteiger partial charge in [-0.3, -0.25) is 0 Å². The van der Waals surface area contributed by atoms with Crippen molar-refractivity contribution in [2.45, 2.75) is 31.4 Å². The Labute approximate surface area is 108 Å². The summed E-state index contributed by atoms with van der Waals surface area (Å²) in [5, 5.41) is 3.40. The van der Waals surface area contributed by atoms with Gasteiger partial charge in [0, 0.05) is 17.4 Å². The molecule has 1 heterocycles. The summed E-state index contributed by atoms with van der Waals surface area (Å²) in [5.41, 5.74) is 0. The summed E-state index contributed by atoms with van der Waals surface area (Å²) in [6, 6.07) is 5.78. The van der Waals surface area contributed by atoms with Crippen LogP contribution < -0.4 is 10.1 Å². The van der Waals surface area contributed by atoms with E-state index >= 15 is 0 Å². The van der Waals surface area contributed by atoms with Crippen LogP contribution in [0.25, 0.3) is 0 Å². The van der Waals surface area contributed by atoms with Gasteiger partial charge in [-0.2, -0.15) is 16.7 Å². The molecule has 1 aromatic heterocycles. The fraction of sp³-hybridized carbons (Fsp3) is 0.615. The molecule has 0 radical (unpaired) electrons. The number of anilines is 1. The molecule has 0 unspecified atom stereocenters. The maximum atomic E-state index is 5.11. The highest BCUT2D eigenvalue weighted by atomic mass is 32.2. The molecule has 3 nitrogen and oxygen atoms in total. The summed E-state index contributed by atoms with van der Waals surface area (Å²) in [6.07, 6.45) is 4.48. The summed E-state index contributed by atoms with van der Waals surface area (Å²) in [5.74, 6) is 1.53. The Morgan fingerprint density at radius 1 is 1.35 bits per heavy atom. The second-order valence-corrected chi connectivity index (χ2v) is 5.29. The zero-order chi connectivity index (χ0) is 12.7. The normalized spacial score (nSPS) is 11.3. The first-order valence-corrected chi connectivity index (χ1v) is 7.22. The van der Waals surface area contributed by atoms with Gasteiger partial charge < -0.3 is 10.1 Å². The Balaban J connectivity index is 2.65. The molecule has 0 bridgehead atoms. The molecule has 0 aliphatic rings. The van der Waals surface area contributed by atoms with Crippen molar-refractivity contribution in [3.8, 4) is 5.88 Å². The average Bonchev–Trinajstić information content (AvgIpc) is 2.41. The van der Waals surface area contributed by atoms with Gasteiger partial charge in [0.25, 0.3) is 0 Å². The standard InChI is InChI=1S/C13H22N2OS/c1-5-13(6-2,17-4)10-14-11-8-7-9-12(15-11)16-3/h7-9H,5-6,10H2,1-4H3,(H,14,15). The Hall–Kier alpha value is -0.900. The Kier molecular flexibility index (Phi) is 5.62. The number of aromatic nitrogens is 1. The molecule has 0 aliphatic heterocycles. The van der Waals surface area contributed by atoms with Crippen molar-refractivity contribution in [3.63, 3.8) is 0 Å². The van der Waals surface area contributed by atoms with E-state index in [1.807, 2.05) is 30.0 Å². The molecular weight excluding hydrogens is 232 g/mol. The number of thioether (sulfide) groups is 1. The minimum absolute atomic E-state index is 0.296. The van der Waals surface area contributed by atoms with Crippen LogP contribution in [0.1, 0.15) is 26.7 Å².